The first-order valence-electron chi connectivity index (χ1n) is 8.76. The highest BCUT2D eigenvalue weighted by Gasteiger charge is 2.43. The van der Waals surface area contributed by atoms with E-state index < -0.39 is 6.04 Å². The van der Waals surface area contributed by atoms with Crippen LogP contribution < -0.4 is 4.90 Å². The Balaban J connectivity index is 1.56. The van der Waals surface area contributed by atoms with Gasteiger partial charge in [0.15, 0.2) is 5.76 Å². The van der Waals surface area contributed by atoms with Crippen LogP contribution in [0.2, 0.25) is 0 Å². The summed E-state index contributed by atoms with van der Waals surface area (Å²) in [6, 6.07) is 16.2. The fourth-order valence-corrected chi connectivity index (χ4v) is 3.17. The van der Waals surface area contributed by atoms with Crippen molar-refractivity contribution in [2.24, 2.45) is 0 Å². The molecule has 6 nitrogen and oxygen atoms in total. The molecule has 0 saturated carbocycles. The lowest BCUT2D eigenvalue weighted by Crippen LogP contribution is -2.33. The van der Waals surface area contributed by atoms with Crippen LogP contribution in [-0.4, -0.2) is 27.9 Å². The molecule has 0 spiro atoms. The van der Waals surface area contributed by atoms with Crippen LogP contribution in [-0.2, 0) is 11.3 Å². The third-order valence-corrected chi connectivity index (χ3v) is 4.67. The molecule has 136 valence electrons. The Bertz CT molecular complexity index is 979. The Hall–Kier alpha value is -3.41. The van der Waals surface area contributed by atoms with Crippen molar-refractivity contribution in [2.75, 3.05) is 4.90 Å². The van der Waals surface area contributed by atoms with E-state index in [9.17, 15) is 9.59 Å². The molecular weight excluding hydrogens is 342 g/mol. The molecule has 2 aromatic carbocycles. The molecule has 2 heterocycles. The van der Waals surface area contributed by atoms with Gasteiger partial charge in [0, 0.05) is 11.3 Å². The average molecular weight is 361 g/mol. The molecule has 1 fully saturated rings. The quantitative estimate of drug-likeness (QED) is 0.659. The van der Waals surface area contributed by atoms with E-state index in [2.05, 4.69) is 4.98 Å². The summed E-state index contributed by atoms with van der Waals surface area (Å²) in [6.45, 7) is 3.71. The van der Waals surface area contributed by atoms with Crippen LogP contribution >= 0.6 is 0 Å². The van der Waals surface area contributed by atoms with Crippen molar-refractivity contribution in [2.45, 2.75) is 26.4 Å². The normalized spacial score (nSPS) is 17.0. The third kappa shape index (κ3) is 3.10. The first kappa shape index (κ1) is 17.0. The summed E-state index contributed by atoms with van der Waals surface area (Å²) in [7, 11) is 0. The lowest BCUT2D eigenvalue weighted by Gasteiger charge is -2.19. The van der Waals surface area contributed by atoms with Crippen molar-refractivity contribution in [3.8, 4) is 11.3 Å². The Morgan fingerprint density at radius 3 is 2.44 bits per heavy atom. The largest absolute Gasteiger partial charge is 0.439 e. The summed E-state index contributed by atoms with van der Waals surface area (Å²) in [5, 5.41) is 0. The number of rotatable bonds is 4. The number of hydrogen-bond acceptors (Lipinski definition) is 4. The van der Waals surface area contributed by atoms with Crippen LogP contribution in [0.3, 0.4) is 0 Å². The van der Waals surface area contributed by atoms with E-state index in [1.807, 2.05) is 61.5 Å². The van der Waals surface area contributed by atoms with Crippen molar-refractivity contribution < 1.29 is 14.0 Å². The average Bonchev–Trinajstić information content (AvgIpc) is 3.23. The zero-order chi connectivity index (χ0) is 19.0. The lowest BCUT2D eigenvalue weighted by atomic mass is 10.2. The van der Waals surface area contributed by atoms with Crippen LogP contribution in [0.15, 0.2) is 65.2 Å². The molecule has 0 aliphatic carbocycles. The fraction of sp³-hybridized carbons (Fsp3) is 0.190. The second-order valence-corrected chi connectivity index (χ2v) is 6.57. The van der Waals surface area contributed by atoms with E-state index in [1.54, 1.807) is 13.1 Å². The molecule has 27 heavy (non-hydrogen) atoms. The summed E-state index contributed by atoms with van der Waals surface area (Å²) >= 11 is 0. The van der Waals surface area contributed by atoms with E-state index in [4.69, 9.17) is 4.42 Å². The van der Waals surface area contributed by atoms with Gasteiger partial charge in [-0.3, -0.25) is 14.6 Å². The topological polar surface area (TPSA) is 66.7 Å². The molecule has 1 aliphatic rings. The van der Waals surface area contributed by atoms with Crippen LogP contribution in [0.25, 0.3) is 11.3 Å². The number of imide groups is 1. The Kier molecular flexibility index (Phi) is 4.24. The number of hydrogen-bond donors (Lipinski definition) is 0. The maximum absolute atomic E-state index is 12.9. The zero-order valence-electron chi connectivity index (χ0n) is 15.1. The second kappa shape index (κ2) is 6.72. The number of aromatic nitrogens is 1. The Morgan fingerprint density at radius 2 is 1.74 bits per heavy atom. The molecule has 3 amide bonds. The summed E-state index contributed by atoms with van der Waals surface area (Å²) in [6.07, 6.45) is 1.61. The number of urea groups is 1. The number of amides is 3. The summed E-state index contributed by atoms with van der Waals surface area (Å²) in [5.41, 5.74) is 2.69. The maximum Gasteiger partial charge on any atom is 0.332 e. The van der Waals surface area contributed by atoms with E-state index in [1.165, 1.54) is 9.80 Å². The molecule has 0 N–H and O–H groups in total. The predicted octanol–water partition coefficient (Wildman–Crippen LogP) is 4.01. The highest BCUT2D eigenvalue weighted by Crippen LogP contribution is 2.28. The van der Waals surface area contributed by atoms with Gasteiger partial charge in [-0.15, -0.1) is 0 Å². The van der Waals surface area contributed by atoms with Gasteiger partial charge in [-0.25, -0.2) is 9.78 Å². The van der Waals surface area contributed by atoms with Crippen molar-refractivity contribution in [3.05, 3.63) is 72.2 Å². The fourth-order valence-electron chi connectivity index (χ4n) is 3.17. The standard InChI is InChI=1S/C21H19N3O3/c1-14-8-10-17(11-9-14)24-15(2)20(25)23(21(24)26)13-19-22-12-18(27-19)16-6-4-3-5-7-16/h3-12,15H,13H2,1-2H3/t15-/m1/s1. The number of aryl methyl sites for hydroxylation is 1. The minimum absolute atomic E-state index is 0.0111. The third-order valence-electron chi connectivity index (χ3n) is 4.67. The lowest BCUT2D eigenvalue weighted by molar-refractivity contribution is -0.127. The van der Waals surface area contributed by atoms with Crippen LogP contribution in [0, 0.1) is 6.92 Å². The highest BCUT2D eigenvalue weighted by atomic mass is 16.4. The molecule has 3 aromatic rings. The Morgan fingerprint density at radius 1 is 1.04 bits per heavy atom. The van der Waals surface area contributed by atoms with Gasteiger partial charge in [-0.05, 0) is 26.0 Å². The second-order valence-electron chi connectivity index (χ2n) is 6.57. The van der Waals surface area contributed by atoms with E-state index in [-0.39, 0.29) is 18.5 Å². The molecule has 1 saturated heterocycles. The van der Waals surface area contributed by atoms with E-state index in [0.29, 0.717) is 17.3 Å². The van der Waals surface area contributed by atoms with E-state index >= 15 is 0 Å². The first-order valence-corrected chi connectivity index (χ1v) is 8.76. The molecule has 6 heteroatoms. The smallest absolute Gasteiger partial charge is 0.332 e. The maximum atomic E-state index is 12.9. The molecule has 0 unspecified atom stereocenters. The monoisotopic (exact) mass is 361 g/mol. The minimum Gasteiger partial charge on any atom is -0.439 e. The molecule has 4 rings (SSSR count). The Labute approximate surface area is 157 Å². The number of carbonyl (C=O) groups excluding carboxylic acids is 2. The number of benzene rings is 2. The highest BCUT2D eigenvalue weighted by molar-refractivity contribution is 6.13. The SMILES string of the molecule is Cc1ccc(N2C(=O)N(Cc3ncc(-c4ccccc4)o3)C(=O)[C@H]2C)cc1. The molecular formula is C21H19N3O3. The van der Waals surface area contributed by atoms with Crippen LogP contribution in [0.4, 0.5) is 10.5 Å². The molecule has 0 radical (unpaired) electrons. The predicted molar refractivity (Wildman–Crippen MR) is 101 cm³/mol. The number of carbonyl (C=O) groups is 2. The molecule has 1 aliphatic heterocycles. The van der Waals surface area contributed by atoms with Gasteiger partial charge in [-0.1, -0.05) is 48.0 Å². The number of nitrogens with zero attached hydrogens (tertiary/aromatic N) is 3. The summed E-state index contributed by atoms with van der Waals surface area (Å²) < 4.78 is 5.74. The van der Waals surface area contributed by atoms with Gasteiger partial charge < -0.3 is 4.42 Å². The van der Waals surface area contributed by atoms with Crippen LogP contribution in [0.1, 0.15) is 18.4 Å². The van der Waals surface area contributed by atoms with Gasteiger partial charge in [0.2, 0.25) is 5.89 Å². The van der Waals surface area contributed by atoms with Crippen molar-refractivity contribution >= 4 is 17.6 Å². The summed E-state index contributed by atoms with van der Waals surface area (Å²) in [4.78, 5) is 32.4. The van der Waals surface area contributed by atoms with Gasteiger partial charge in [0.1, 0.15) is 12.6 Å². The van der Waals surface area contributed by atoms with Crippen molar-refractivity contribution in [1.82, 2.24) is 9.88 Å². The number of oxazole rings is 1. The van der Waals surface area contributed by atoms with Crippen LogP contribution in [0.5, 0.6) is 0 Å². The van der Waals surface area contributed by atoms with E-state index in [0.717, 1.165) is 11.1 Å². The van der Waals surface area contributed by atoms with Crippen molar-refractivity contribution in [1.29, 1.82) is 0 Å². The first-order chi connectivity index (χ1) is 13.0. The van der Waals surface area contributed by atoms with Gasteiger partial charge in [-0.2, -0.15) is 0 Å². The van der Waals surface area contributed by atoms with Gasteiger partial charge in [0.25, 0.3) is 5.91 Å². The van der Waals surface area contributed by atoms with Crippen molar-refractivity contribution in [3.63, 3.8) is 0 Å². The zero-order valence-corrected chi connectivity index (χ0v) is 15.1. The molecule has 0 bridgehead atoms. The van der Waals surface area contributed by atoms with Gasteiger partial charge in [0.05, 0.1) is 6.20 Å². The summed E-state index contributed by atoms with van der Waals surface area (Å²) in [5.74, 6) is 0.668. The molecule has 1 atom stereocenters. The van der Waals surface area contributed by atoms with Gasteiger partial charge >= 0.3 is 6.03 Å². The minimum atomic E-state index is -0.566. The number of anilines is 1. The molecule has 1 aromatic heterocycles.